The number of benzene rings is 3. The topological polar surface area (TPSA) is 129 Å². The van der Waals surface area contributed by atoms with Crippen molar-refractivity contribution in [2.45, 2.75) is 13.3 Å². The smallest absolute Gasteiger partial charge is 0.279 e. The molecule has 268 valence electrons. The molecule has 13 nitrogen and oxygen atoms in total. The van der Waals surface area contributed by atoms with Crippen LogP contribution in [-0.2, 0) is 14.4 Å². The lowest BCUT2D eigenvalue weighted by Crippen LogP contribution is -2.44. The van der Waals surface area contributed by atoms with Crippen molar-refractivity contribution in [3.05, 3.63) is 89.8 Å². The highest BCUT2D eigenvalue weighted by Gasteiger charge is 2.34. The van der Waals surface area contributed by atoms with Crippen molar-refractivity contribution in [2.24, 2.45) is 5.10 Å². The largest absolute Gasteiger partial charge is 0.493 e. The third-order valence-electron chi connectivity index (χ3n) is 8.83. The molecule has 1 fully saturated rings. The second-order valence-corrected chi connectivity index (χ2v) is 12.4. The number of hydrazone groups is 1. The third kappa shape index (κ3) is 7.80. The van der Waals surface area contributed by atoms with Crippen LogP contribution in [0, 0.1) is 12.7 Å². The minimum absolute atomic E-state index is 0.0692. The summed E-state index contributed by atoms with van der Waals surface area (Å²) in [7, 11) is 5.10. The Morgan fingerprint density at radius 2 is 1.69 bits per heavy atom. The number of methoxy groups -OCH3 is 1. The molecule has 0 saturated carbocycles. The molecule has 1 saturated heterocycles. The molecule has 0 spiro atoms. The van der Waals surface area contributed by atoms with Crippen molar-refractivity contribution in [3.63, 3.8) is 0 Å². The number of aryl methyl sites for hydroxylation is 1. The Bertz CT molecular complexity index is 2100. The zero-order valence-corrected chi connectivity index (χ0v) is 29.3. The van der Waals surface area contributed by atoms with E-state index in [1.807, 2.05) is 6.92 Å². The molecule has 0 radical (unpaired) electrons. The maximum Gasteiger partial charge on any atom is 0.279 e. The van der Waals surface area contributed by atoms with E-state index in [1.54, 1.807) is 67.7 Å². The Morgan fingerprint density at radius 1 is 0.923 bits per heavy atom. The van der Waals surface area contributed by atoms with Crippen LogP contribution in [0.4, 0.5) is 15.8 Å². The molecule has 1 amide bonds. The van der Waals surface area contributed by atoms with Gasteiger partial charge in [-0.15, -0.1) is 0 Å². The minimum atomic E-state index is -0.829. The van der Waals surface area contributed by atoms with E-state index in [4.69, 9.17) is 14.2 Å². The average Bonchev–Trinajstić information content (AvgIpc) is 3.14. The SMILES string of the molecule is COc1cc2c(Oc3ccc(NC(=O)C4=NN(c5ccc(C)cc5)C(=C=O)N(C)C4=C=O)cc3F)ccnc2cc1OCCCN1CCN(C)CC1. The van der Waals surface area contributed by atoms with Crippen LogP contribution in [0.25, 0.3) is 10.9 Å². The van der Waals surface area contributed by atoms with Gasteiger partial charge in [0.1, 0.15) is 5.75 Å². The van der Waals surface area contributed by atoms with Gasteiger partial charge < -0.3 is 34.2 Å². The van der Waals surface area contributed by atoms with Crippen molar-refractivity contribution in [1.82, 2.24) is 19.7 Å². The number of carbonyl (C=O) groups excluding carboxylic acids is 3. The van der Waals surface area contributed by atoms with Gasteiger partial charge in [-0.1, -0.05) is 17.7 Å². The van der Waals surface area contributed by atoms with Crippen LogP contribution in [0.3, 0.4) is 0 Å². The van der Waals surface area contributed by atoms with Gasteiger partial charge in [0, 0.05) is 69.2 Å². The lowest BCUT2D eigenvalue weighted by atomic mass is 10.1. The van der Waals surface area contributed by atoms with Gasteiger partial charge >= 0.3 is 0 Å². The fourth-order valence-corrected chi connectivity index (χ4v) is 5.85. The van der Waals surface area contributed by atoms with Crippen molar-refractivity contribution < 1.29 is 33.0 Å². The highest BCUT2D eigenvalue weighted by Crippen LogP contribution is 2.38. The molecule has 14 heteroatoms. The van der Waals surface area contributed by atoms with Gasteiger partial charge in [-0.25, -0.2) is 19.0 Å². The van der Waals surface area contributed by atoms with E-state index in [1.165, 1.54) is 24.2 Å². The van der Waals surface area contributed by atoms with Crippen molar-refractivity contribution in [1.29, 1.82) is 0 Å². The highest BCUT2D eigenvalue weighted by atomic mass is 19.1. The fraction of sp³-hybridized carbons (Fsp3) is 0.289. The van der Waals surface area contributed by atoms with Crippen LogP contribution in [-0.4, -0.2) is 104 Å². The molecule has 3 heterocycles. The number of fused-ring (bicyclic) bond motifs is 1. The Morgan fingerprint density at radius 3 is 2.38 bits per heavy atom. The molecule has 52 heavy (non-hydrogen) atoms. The number of anilines is 2. The van der Waals surface area contributed by atoms with E-state index in [-0.39, 0.29) is 28.7 Å². The number of carbonyl (C=O) groups is 1. The van der Waals surface area contributed by atoms with E-state index in [0.717, 1.165) is 55.7 Å². The first-order valence-corrected chi connectivity index (χ1v) is 16.7. The summed E-state index contributed by atoms with van der Waals surface area (Å²) in [5, 5.41) is 8.61. The molecule has 2 aliphatic rings. The number of rotatable bonds is 11. The Hall–Kier alpha value is -6.04. The lowest BCUT2D eigenvalue weighted by Gasteiger charge is -2.32. The van der Waals surface area contributed by atoms with Gasteiger partial charge in [0.05, 0.1) is 24.9 Å². The second-order valence-electron chi connectivity index (χ2n) is 12.4. The molecule has 0 unspecified atom stereocenters. The molecular formula is C38H38FN7O6. The Labute approximate surface area is 300 Å². The summed E-state index contributed by atoms with van der Waals surface area (Å²) in [6, 6.07) is 16.0. The molecule has 1 aromatic heterocycles. The van der Waals surface area contributed by atoms with Crippen LogP contribution < -0.4 is 24.5 Å². The van der Waals surface area contributed by atoms with Gasteiger partial charge in [-0.3, -0.25) is 9.78 Å². The summed E-state index contributed by atoms with van der Waals surface area (Å²) in [6.45, 7) is 7.57. The zero-order chi connectivity index (χ0) is 36.8. The molecular weight excluding hydrogens is 669 g/mol. The summed E-state index contributed by atoms with van der Waals surface area (Å²) in [6.07, 6.45) is 2.42. The Kier molecular flexibility index (Phi) is 10.9. The van der Waals surface area contributed by atoms with Crippen LogP contribution in [0.2, 0.25) is 0 Å². The number of amides is 1. The summed E-state index contributed by atoms with van der Waals surface area (Å²) < 4.78 is 33.2. The first-order valence-electron chi connectivity index (χ1n) is 16.7. The summed E-state index contributed by atoms with van der Waals surface area (Å²) in [5.41, 5.74) is 1.43. The van der Waals surface area contributed by atoms with E-state index >= 15 is 4.39 Å². The van der Waals surface area contributed by atoms with Crippen molar-refractivity contribution >= 4 is 45.8 Å². The standard InChI is InChI=1S/C38H38FN7O6/c1-25-6-9-27(10-7-25)46-36(24-48)44(3)31(23-47)37(42-46)38(49)41-26-8-11-33(29(39)20-26)52-32-12-13-40-30-22-35(34(50-4)21-28(30)32)51-19-5-14-45-17-15-43(2)16-18-45/h6-13,20-22H,5,14-19H2,1-4H3,(H,41,49). The van der Waals surface area contributed by atoms with Gasteiger partial charge in [-0.05, 0) is 56.8 Å². The molecule has 3 aromatic carbocycles. The van der Waals surface area contributed by atoms with Gasteiger partial charge in [-0.2, -0.15) is 5.10 Å². The van der Waals surface area contributed by atoms with Crippen LogP contribution >= 0.6 is 0 Å². The summed E-state index contributed by atoms with van der Waals surface area (Å²) >= 11 is 0. The van der Waals surface area contributed by atoms with E-state index in [9.17, 15) is 14.4 Å². The van der Waals surface area contributed by atoms with E-state index in [2.05, 4.69) is 32.2 Å². The molecule has 2 aliphatic heterocycles. The predicted molar refractivity (Wildman–Crippen MR) is 195 cm³/mol. The summed E-state index contributed by atoms with van der Waals surface area (Å²) in [5.74, 6) is 2.98. The number of aromatic nitrogens is 1. The number of ether oxygens (including phenoxy) is 3. The number of likely N-dealkylation sites (N-methyl/N-ethyl adjacent to an activating group) is 1. The Balaban J connectivity index is 1.16. The summed E-state index contributed by atoms with van der Waals surface area (Å²) in [4.78, 5) is 47.5. The van der Waals surface area contributed by atoms with E-state index < -0.39 is 11.7 Å². The van der Waals surface area contributed by atoms with Crippen LogP contribution in [0.1, 0.15) is 12.0 Å². The number of piperazine rings is 1. The molecule has 4 aromatic rings. The molecule has 0 atom stereocenters. The zero-order valence-electron chi connectivity index (χ0n) is 29.3. The monoisotopic (exact) mass is 707 g/mol. The van der Waals surface area contributed by atoms with E-state index in [0.29, 0.717) is 40.4 Å². The molecule has 0 aliphatic carbocycles. The van der Waals surface area contributed by atoms with Crippen molar-refractivity contribution in [3.8, 4) is 23.0 Å². The normalized spacial score (nSPS) is 15.2. The fourth-order valence-electron chi connectivity index (χ4n) is 5.85. The number of halogens is 1. The quantitative estimate of drug-likeness (QED) is 0.173. The van der Waals surface area contributed by atoms with Gasteiger partial charge in [0.25, 0.3) is 5.91 Å². The average molecular weight is 708 g/mol. The third-order valence-corrected chi connectivity index (χ3v) is 8.83. The first kappa shape index (κ1) is 35.8. The first-order chi connectivity index (χ1) is 25.2. The highest BCUT2D eigenvalue weighted by molar-refractivity contribution is 6.50. The molecule has 6 rings (SSSR count). The number of hydrogen-bond donors (Lipinski definition) is 1. The number of hydrogen-bond acceptors (Lipinski definition) is 12. The van der Waals surface area contributed by atoms with Gasteiger partial charge in [0.15, 0.2) is 46.4 Å². The van der Waals surface area contributed by atoms with Gasteiger partial charge in [0.2, 0.25) is 5.82 Å². The minimum Gasteiger partial charge on any atom is -0.493 e. The second kappa shape index (κ2) is 15.9. The van der Waals surface area contributed by atoms with Crippen molar-refractivity contribution in [2.75, 3.05) is 70.9 Å². The molecule has 0 bridgehead atoms. The molecule has 1 N–H and O–H groups in total. The predicted octanol–water partition coefficient (Wildman–Crippen LogP) is 4.63. The lowest BCUT2D eigenvalue weighted by molar-refractivity contribution is -0.110. The number of pyridine rings is 1. The maximum atomic E-state index is 15.5. The maximum absolute atomic E-state index is 15.5. The number of nitrogens with zero attached hydrogens (tertiary/aromatic N) is 6. The number of nitrogens with one attached hydrogen (secondary N) is 1. The van der Waals surface area contributed by atoms with Crippen LogP contribution in [0.5, 0.6) is 23.0 Å². The van der Waals surface area contributed by atoms with Crippen LogP contribution in [0.15, 0.2) is 83.5 Å².